The number of fused-ring (bicyclic) bond motifs is 1. The van der Waals surface area contributed by atoms with Crippen LogP contribution in [0, 0.1) is 11.7 Å². The number of carbonyl (C=O) groups is 2. The maximum Gasteiger partial charge on any atom is 0.414 e. The van der Waals surface area contributed by atoms with Crippen LogP contribution in [0.4, 0.5) is 4.39 Å². The summed E-state index contributed by atoms with van der Waals surface area (Å²) in [5, 5.41) is 26.9. The molecule has 3 heterocycles. The first kappa shape index (κ1) is 29.7. The van der Waals surface area contributed by atoms with Gasteiger partial charge in [0.1, 0.15) is 11.4 Å². The lowest BCUT2D eigenvalue weighted by molar-refractivity contribution is -0.159. The number of likely N-dealkylation sites (tertiary alicyclic amines) is 1. The Kier molecular flexibility index (Phi) is 9.92. The van der Waals surface area contributed by atoms with Gasteiger partial charge in [0.05, 0.1) is 17.8 Å². The van der Waals surface area contributed by atoms with Gasteiger partial charge in [0.15, 0.2) is 0 Å². The van der Waals surface area contributed by atoms with Gasteiger partial charge in [0, 0.05) is 17.3 Å². The van der Waals surface area contributed by atoms with E-state index in [1.165, 1.54) is 19.3 Å². The number of hydrogen-bond donors (Lipinski definition) is 3. The van der Waals surface area contributed by atoms with E-state index in [1.807, 2.05) is 24.4 Å². The largest absolute Gasteiger partial charge is 0.473 e. The molecule has 1 saturated heterocycles. The fraction of sp³-hybridized carbons (Fsp3) is 0.516. The quantitative estimate of drug-likeness (QED) is 0.323. The molecule has 2 fully saturated rings. The Morgan fingerprint density at radius 3 is 2.38 bits per heavy atom. The van der Waals surface area contributed by atoms with Gasteiger partial charge < -0.3 is 24.6 Å². The molecule has 8 nitrogen and oxygen atoms in total. The molecule has 216 valence electrons. The third-order valence-corrected chi connectivity index (χ3v) is 8.75. The molecule has 3 N–H and O–H groups in total. The zero-order valence-corrected chi connectivity index (χ0v) is 23.0. The molecule has 5 rings (SSSR count). The first-order chi connectivity index (χ1) is 19.2. The van der Waals surface area contributed by atoms with Gasteiger partial charge in [-0.2, -0.15) is 0 Å². The Hall–Kier alpha value is -3.30. The first-order valence-electron chi connectivity index (χ1n) is 14.1. The SMILES string of the molecule is CC(CCN1CCC(c2ccc(F)c3ccoc23)CC1)(c1ccccn1)C(O)C1CCCCC1.O=C(O)C(=O)O. The van der Waals surface area contributed by atoms with Crippen LogP contribution in [0.3, 0.4) is 0 Å². The Morgan fingerprint density at radius 1 is 1.05 bits per heavy atom. The van der Waals surface area contributed by atoms with E-state index >= 15 is 0 Å². The predicted octanol–water partition coefficient (Wildman–Crippen LogP) is 5.59. The molecule has 3 aromatic rings. The summed E-state index contributed by atoms with van der Waals surface area (Å²) in [5.74, 6) is -3.11. The Labute approximate surface area is 233 Å². The number of aliphatic carboxylic acids is 2. The van der Waals surface area contributed by atoms with Crippen molar-refractivity contribution < 1.29 is 33.7 Å². The summed E-state index contributed by atoms with van der Waals surface area (Å²) in [5.41, 5.74) is 2.50. The van der Waals surface area contributed by atoms with E-state index in [4.69, 9.17) is 29.2 Å². The van der Waals surface area contributed by atoms with Crippen molar-refractivity contribution in [3.8, 4) is 0 Å². The van der Waals surface area contributed by atoms with Crippen molar-refractivity contribution in [2.24, 2.45) is 5.92 Å². The van der Waals surface area contributed by atoms with Gasteiger partial charge >= 0.3 is 11.9 Å². The van der Waals surface area contributed by atoms with Crippen molar-refractivity contribution in [3.63, 3.8) is 0 Å². The number of nitrogens with zero attached hydrogens (tertiary/aromatic N) is 2. The third kappa shape index (κ3) is 6.88. The Bertz CT molecular complexity index is 1260. The second kappa shape index (κ2) is 13.4. The normalized spacial score (nSPS) is 19.4. The number of furan rings is 1. The summed E-state index contributed by atoms with van der Waals surface area (Å²) in [4.78, 5) is 25.4. The Balaban J connectivity index is 0.000000557. The van der Waals surface area contributed by atoms with Gasteiger partial charge in [-0.1, -0.05) is 38.3 Å². The minimum atomic E-state index is -1.82. The third-order valence-electron chi connectivity index (χ3n) is 8.75. The van der Waals surface area contributed by atoms with E-state index in [9.17, 15) is 9.50 Å². The monoisotopic (exact) mass is 554 g/mol. The van der Waals surface area contributed by atoms with Crippen molar-refractivity contribution in [2.75, 3.05) is 19.6 Å². The summed E-state index contributed by atoms with van der Waals surface area (Å²) in [6.45, 7) is 5.17. The van der Waals surface area contributed by atoms with Crippen molar-refractivity contribution in [3.05, 3.63) is 65.9 Å². The number of piperidine rings is 1. The van der Waals surface area contributed by atoms with Crippen LogP contribution in [0.1, 0.15) is 75.5 Å². The van der Waals surface area contributed by atoms with Crippen LogP contribution in [0.25, 0.3) is 11.0 Å². The predicted molar refractivity (Wildman–Crippen MR) is 149 cm³/mol. The lowest BCUT2D eigenvalue weighted by Gasteiger charge is -2.42. The standard InChI is InChI=1S/C29H37FN2O2.C2H2O4/c1-29(26-9-5-6-16-31-26,28(33)22-7-3-2-4-8-22)15-19-32-17-12-21(13-18-32)23-10-11-25(30)24-14-20-34-27(23)24;3-1(4)2(5)6/h5-6,9-11,14,16,20-22,28,33H,2-4,7-8,12-13,15,17-19H2,1H3;(H,3,4)(H,5,6). The lowest BCUT2D eigenvalue weighted by Crippen LogP contribution is -2.46. The molecule has 0 bridgehead atoms. The smallest absolute Gasteiger partial charge is 0.414 e. The molecule has 9 heteroatoms. The summed E-state index contributed by atoms with van der Waals surface area (Å²) >= 11 is 0. The van der Waals surface area contributed by atoms with Crippen molar-refractivity contribution in [1.29, 1.82) is 0 Å². The van der Waals surface area contributed by atoms with Crippen molar-refractivity contribution in [1.82, 2.24) is 9.88 Å². The number of rotatable bonds is 7. The second-order valence-electron chi connectivity index (χ2n) is 11.3. The highest BCUT2D eigenvalue weighted by molar-refractivity contribution is 6.27. The Morgan fingerprint density at radius 2 is 1.75 bits per heavy atom. The fourth-order valence-electron chi connectivity index (χ4n) is 6.33. The van der Waals surface area contributed by atoms with Crippen LogP contribution in [-0.2, 0) is 15.0 Å². The van der Waals surface area contributed by atoms with E-state index in [0.717, 1.165) is 63.0 Å². The van der Waals surface area contributed by atoms with Gasteiger partial charge in [0.25, 0.3) is 0 Å². The van der Waals surface area contributed by atoms with Gasteiger partial charge in [-0.15, -0.1) is 0 Å². The van der Waals surface area contributed by atoms with E-state index in [2.05, 4.69) is 17.9 Å². The maximum atomic E-state index is 14.1. The van der Waals surface area contributed by atoms with Crippen molar-refractivity contribution in [2.45, 2.75) is 75.7 Å². The molecule has 2 aliphatic rings. The van der Waals surface area contributed by atoms with Crippen LogP contribution in [0.5, 0.6) is 0 Å². The highest BCUT2D eigenvalue weighted by atomic mass is 19.1. The summed E-state index contributed by atoms with van der Waals surface area (Å²) < 4.78 is 19.7. The molecule has 2 aromatic heterocycles. The fourth-order valence-corrected chi connectivity index (χ4v) is 6.33. The van der Waals surface area contributed by atoms with Gasteiger partial charge in [-0.3, -0.25) is 4.98 Å². The van der Waals surface area contributed by atoms with Gasteiger partial charge in [-0.25, -0.2) is 14.0 Å². The zero-order chi connectivity index (χ0) is 28.7. The molecule has 0 amide bonds. The molecule has 2 atom stereocenters. The van der Waals surface area contributed by atoms with E-state index in [-0.39, 0.29) is 17.3 Å². The van der Waals surface area contributed by atoms with E-state index < -0.39 is 11.9 Å². The highest BCUT2D eigenvalue weighted by Gasteiger charge is 2.41. The average Bonchev–Trinajstić information content (AvgIpc) is 3.48. The number of benzene rings is 1. The number of carboxylic acid groups (broad SMARTS) is 2. The molecular weight excluding hydrogens is 515 g/mol. The number of aliphatic hydroxyl groups is 1. The number of hydrogen-bond acceptors (Lipinski definition) is 6. The summed E-state index contributed by atoms with van der Waals surface area (Å²) in [6, 6.07) is 11.3. The van der Waals surface area contributed by atoms with E-state index in [1.54, 1.807) is 18.4 Å². The molecule has 2 unspecified atom stereocenters. The summed E-state index contributed by atoms with van der Waals surface area (Å²) in [7, 11) is 0. The van der Waals surface area contributed by atoms with Crippen LogP contribution >= 0.6 is 0 Å². The van der Waals surface area contributed by atoms with Crippen LogP contribution < -0.4 is 0 Å². The molecule has 1 aliphatic heterocycles. The summed E-state index contributed by atoms with van der Waals surface area (Å²) in [6.07, 6.45) is 12.0. The zero-order valence-electron chi connectivity index (χ0n) is 23.0. The molecule has 1 saturated carbocycles. The first-order valence-corrected chi connectivity index (χ1v) is 14.1. The number of halogens is 1. The average molecular weight is 555 g/mol. The minimum Gasteiger partial charge on any atom is -0.473 e. The topological polar surface area (TPSA) is 124 Å². The van der Waals surface area contributed by atoms with Crippen LogP contribution in [0.2, 0.25) is 0 Å². The van der Waals surface area contributed by atoms with Crippen LogP contribution in [-0.4, -0.2) is 62.9 Å². The highest BCUT2D eigenvalue weighted by Crippen LogP contribution is 2.40. The van der Waals surface area contributed by atoms with Crippen molar-refractivity contribution >= 4 is 22.9 Å². The van der Waals surface area contributed by atoms with Gasteiger partial charge in [-0.05, 0) is 93.4 Å². The second-order valence-corrected chi connectivity index (χ2v) is 11.3. The molecule has 1 aliphatic carbocycles. The molecule has 1 aromatic carbocycles. The molecule has 0 spiro atoms. The number of aliphatic hydroxyl groups excluding tert-OH is 1. The van der Waals surface area contributed by atoms with Crippen LogP contribution in [0.15, 0.2) is 53.3 Å². The molecule has 0 radical (unpaired) electrons. The number of aromatic nitrogens is 1. The minimum absolute atomic E-state index is 0.213. The molecule has 40 heavy (non-hydrogen) atoms. The maximum absolute atomic E-state index is 14.1. The number of pyridine rings is 1. The lowest BCUT2D eigenvalue weighted by atomic mass is 9.69. The van der Waals surface area contributed by atoms with E-state index in [0.29, 0.717) is 22.8 Å². The van der Waals surface area contributed by atoms with Gasteiger partial charge in [0.2, 0.25) is 0 Å². The molecular formula is C31H39FN2O6. The number of carboxylic acids is 2.